The third-order valence-electron chi connectivity index (χ3n) is 3.55. The number of ether oxygens (including phenoxy) is 1. The molecule has 7 heteroatoms. The van der Waals surface area contributed by atoms with Crippen molar-refractivity contribution in [3.05, 3.63) is 56.4 Å². The molecule has 1 aliphatic rings. The lowest BCUT2D eigenvalue weighted by molar-refractivity contribution is 0.195. The minimum absolute atomic E-state index is 0.133. The largest absolute Gasteiger partial charge is 0.379 e. The van der Waals surface area contributed by atoms with E-state index in [9.17, 15) is 4.79 Å². The van der Waals surface area contributed by atoms with Gasteiger partial charge in [-0.05, 0) is 18.1 Å². The first-order chi connectivity index (χ1) is 10.6. The molecule has 0 amide bonds. The zero-order valence-electron chi connectivity index (χ0n) is 11.8. The summed E-state index contributed by atoms with van der Waals surface area (Å²) in [4.78, 5) is 12.3. The Kier molecular flexibility index (Phi) is 4.66. The van der Waals surface area contributed by atoms with Gasteiger partial charge in [-0.25, -0.2) is 4.68 Å². The lowest BCUT2D eigenvalue weighted by atomic mass is 10.2. The number of nitrogens with one attached hydrogen (secondary N) is 1. The van der Waals surface area contributed by atoms with Gasteiger partial charge < -0.3 is 10.1 Å². The van der Waals surface area contributed by atoms with Crippen LogP contribution in [0.15, 0.2) is 35.3 Å². The highest BCUT2D eigenvalue weighted by atomic mass is 35.5. The molecule has 1 saturated heterocycles. The Labute approximate surface area is 137 Å². The Morgan fingerprint density at radius 1 is 1.36 bits per heavy atom. The molecular formula is C15H15Cl2N3O2. The van der Waals surface area contributed by atoms with Gasteiger partial charge in [-0.1, -0.05) is 41.4 Å². The van der Waals surface area contributed by atoms with Gasteiger partial charge in [0.05, 0.1) is 31.1 Å². The molecule has 1 atom stereocenters. The van der Waals surface area contributed by atoms with E-state index in [1.54, 1.807) is 12.3 Å². The van der Waals surface area contributed by atoms with Gasteiger partial charge in [0.2, 0.25) is 0 Å². The molecule has 5 nitrogen and oxygen atoms in total. The minimum Gasteiger partial charge on any atom is -0.379 e. The molecule has 0 radical (unpaired) electrons. The van der Waals surface area contributed by atoms with Gasteiger partial charge in [0.15, 0.2) is 0 Å². The summed E-state index contributed by atoms with van der Waals surface area (Å²) < 4.78 is 6.60. The number of nitrogens with zero attached hydrogens (tertiary/aromatic N) is 2. The van der Waals surface area contributed by atoms with E-state index in [1.165, 1.54) is 4.68 Å². The molecule has 0 saturated carbocycles. The van der Waals surface area contributed by atoms with E-state index in [0.29, 0.717) is 23.9 Å². The average molecular weight is 340 g/mol. The molecule has 1 aromatic heterocycles. The summed E-state index contributed by atoms with van der Waals surface area (Å²) in [5.74, 6) is 0. The fourth-order valence-electron chi connectivity index (χ4n) is 2.33. The molecule has 1 N–H and O–H groups in total. The number of hydrogen-bond donors (Lipinski definition) is 1. The van der Waals surface area contributed by atoms with Crippen molar-refractivity contribution in [3.8, 4) is 0 Å². The highest BCUT2D eigenvalue weighted by molar-refractivity contribution is 6.33. The molecule has 0 aliphatic carbocycles. The van der Waals surface area contributed by atoms with Crippen LogP contribution >= 0.6 is 23.2 Å². The maximum atomic E-state index is 12.3. The summed E-state index contributed by atoms with van der Waals surface area (Å²) in [6.07, 6.45) is 2.46. The zero-order chi connectivity index (χ0) is 15.5. The van der Waals surface area contributed by atoms with E-state index >= 15 is 0 Å². The summed E-state index contributed by atoms with van der Waals surface area (Å²) in [5.41, 5.74) is 1.02. The Morgan fingerprint density at radius 3 is 2.91 bits per heavy atom. The Morgan fingerprint density at radius 2 is 2.18 bits per heavy atom. The Hall–Kier alpha value is -1.56. The van der Waals surface area contributed by atoms with Crippen molar-refractivity contribution < 1.29 is 4.74 Å². The molecular weight excluding hydrogens is 325 g/mol. The Bertz CT molecular complexity index is 727. The molecule has 1 aliphatic heterocycles. The van der Waals surface area contributed by atoms with Crippen molar-refractivity contribution in [2.45, 2.75) is 19.0 Å². The second-order valence-electron chi connectivity index (χ2n) is 5.13. The SMILES string of the molecule is O=c1c(Cl)c(N[C@H]2CCOC2)cnn1Cc1ccccc1Cl. The van der Waals surface area contributed by atoms with Crippen LogP contribution in [0.2, 0.25) is 10.0 Å². The summed E-state index contributed by atoms with van der Waals surface area (Å²) in [7, 11) is 0. The molecule has 3 rings (SSSR count). The van der Waals surface area contributed by atoms with Crippen molar-refractivity contribution in [2.75, 3.05) is 18.5 Å². The van der Waals surface area contributed by atoms with Crippen LogP contribution in [0, 0.1) is 0 Å². The number of hydrogen-bond acceptors (Lipinski definition) is 4. The first kappa shape index (κ1) is 15.3. The number of rotatable bonds is 4. The molecule has 2 heterocycles. The van der Waals surface area contributed by atoms with E-state index in [2.05, 4.69) is 10.4 Å². The third kappa shape index (κ3) is 3.27. The van der Waals surface area contributed by atoms with Crippen LogP contribution in [0.4, 0.5) is 5.69 Å². The van der Waals surface area contributed by atoms with Crippen molar-refractivity contribution in [1.29, 1.82) is 0 Å². The third-order valence-corrected chi connectivity index (χ3v) is 4.29. The van der Waals surface area contributed by atoms with Crippen molar-refractivity contribution in [1.82, 2.24) is 9.78 Å². The maximum absolute atomic E-state index is 12.3. The summed E-state index contributed by atoms with van der Waals surface area (Å²) in [6, 6.07) is 7.50. The van der Waals surface area contributed by atoms with E-state index in [0.717, 1.165) is 12.0 Å². The van der Waals surface area contributed by atoms with Crippen LogP contribution in [-0.4, -0.2) is 29.0 Å². The van der Waals surface area contributed by atoms with E-state index in [1.807, 2.05) is 18.2 Å². The van der Waals surface area contributed by atoms with E-state index in [-0.39, 0.29) is 23.2 Å². The predicted molar refractivity (Wildman–Crippen MR) is 86.9 cm³/mol. The smallest absolute Gasteiger partial charge is 0.287 e. The van der Waals surface area contributed by atoms with Crippen LogP contribution in [0.5, 0.6) is 0 Å². The van der Waals surface area contributed by atoms with Crippen LogP contribution in [-0.2, 0) is 11.3 Å². The van der Waals surface area contributed by atoms with Gasteiger partial charge in [0, 0.05) is 11.6 Å². The van der Waals surface area contributed by atoms with Gasteiger partial charge in [-0.3, -0.25) is 4.79 Å². The Balaban J connectivity index is 1.83. The van der Waals surface area contributed by atoms with Crippen molar-refractivity contribution in [3.63, 3.8) is 0 Å². The first-order valence-electron chi connectivity index (χ1n) is 6.98. The summed E-state index contributed by atoms with van der Waals surface area (Å²) in [6.45, 7) is 1.61. The number of benzene rings is 1. The summed E-state index contributed by atoms with van der Waals surface area (Å²) in [5, 5.41) is 8.10. The molecule has 0 spiro atoms. The molecule has 1 fully saturated rings. The molecule has 0 unspecified atom stereocenters. The normalized spacial score (nSPS) is 17.6. The average Bonchev–Trinajstić information content (AvgIpc) is 3.02. The van der Waals surface area contributed by atoms with Gasteiger partial charge in [0.25, 0.3) is 5.56 Å². The molecule has 1 aromatic carbocycles. The highest BCUT2D eigenvalue weighted by Crippen LogP contribution is 2.20. The maximum Gasteiger partial charge on any atom is 0.287 e. The second kappa shape index (κ2) is 6.69. The minimum atomic E-state index is -0.342. The number of aromatic nitrogens is 2. The van der Waals surface area contributed by atoms with Gasteiger partial charge >= 0.3 is 0 Å². The number of anilines is 1. The van der Waals surface area contributed by atoms with E-state index < -0.39 is 0 Å². The molecule has 0 bridgehead atoms. The summed E-state index contributed by atoms with van der Waals surface area (Å²) >= 11 is 12.3. The molecule has 116 valence electrons. The quantitative estimate of drug-likeness (QED) is 0.930. The first-order valence-corrected chi connectivity index (χ1v) is 7.74. The van der Waals surface area contributed by atoms with Gasteiger partial charge in [0.1, 0.15) is 5.02 Å². The standard InChI is InChI=1S/C15H15Cl2N3O2/c16-12-4-2-1-3-10(12)8-20-15(21)14(17)13(7-18-20)19-11-5-6-22-9-11/h1-4,7,11,19H,5-6,8-9H2/t11-/m0/s1. The van der Waals surface area contributed by atoms with Crippen LogP contribution in [0.25, 0.3) is 0 Å². The van der Waals surface area contributed by atoms with E-state index in [4.69, 9.17) is 27.9 Å². The predicted octanol–water partition coefficient (Wildman–Crippen LogP) is 2.80. The molecule has 22 heavy (non-hydrogen) atoms. The second-order valence-corrected chi connectivity index (χ2v) is 5.92. The highest BCUT2D eigenvalue weighted by Gasteiger charge is 2.18. The van der Waals surface area contributed by atoms with Crippen LogP contribution in [0.1, 0.15) is 12.0 Å². The van der Waals surface area contributed by atoms with Crippen LogP contribution in [0.3, 0.4) is 0 Å². The monoisotopic (exact) mass is 339 g/mol. The van der Waals surface area contributed by atoms with Crippen molar-refractivity contribution >= 4 is 28.9 Å². The fraction of sp³-hybridized carbons (Fsp3) is 0.333. The molecule has 2 aromatic rings. The lowest BCUT2D eigenvalue weighted by Crippen LogP contribution is -2.27. The lowest BCUT2D eigenvalue weighted by Gasteiger charge is -2.14. The van der Waals surface area contributed by atoms with Gasteiger partial charge in [-0.15, -0.1) is 0 Å². The topological polar surface area (TPSA) is 56.1 Å². The number of halogens is 2. The zero-order valence-corrected chi connectivity index (χ0v) is 13.3. The van der Waals surface area contributed by atoms with Crippen LogP contribution < -0.4 is 10.9 Å². The van der Waals surface area contributed by atoms with Gasteiger partial charge in [-0.2, -0.15) is 5.10 Å². The fourth-order valence-corrected chi connectivity index (χ4v) is 2.73. The van der Waals surface area contributed by atoms with Crippen molar-refractivity contribution in [2.24, 2.45) is 0 Å².